The summed E-state index contributed by atoms with van der Waals surface area (Å²) in [4.78, 5) is 11.6. The first kappa shape index (κ1) is 19.8. The van der Waals surface area contributed by atoms with Gasteiger partial charge in [-0.25, -0.2) is 9.98 Å². The highest BCUT2D eigenvalue weighted by atomic mass is 16.4. The Morgan fingerprint density at radius 1 is 1.28 bits per heavy atom. The highest BCUT2D eigenvalue weighted by molar-refractivity contribution is 5.79. The zero-order chi connectivity index (χ0) is 18.1. The molecular formula is C19H35N5O. The number of aryl methyl sites for hydroxylation is 2. The highest BCUT2D eigenvalue weighted by Crippen LogP contribution is 2.16. The van der Waals surface area contributed by atoms with E-state index >= 15 is 0 Å². The molecule has 0 bridgehead atoms. The summed E-state index contributed by atoms with van der Waals surface area (Å²) in [5.41, 5.74) is 0.940. The van der Waals surface area contributed by atoms with Gasteiger partial charge in [0, 0.05) is 19.1 Å². The Balaban J connectivity index is 1.68. The Morgan fingerprint density at radius 2 is 2.12 bits per heavy atom. The van der Waals surface area contributed by atoms with Gasteiger partial charge in [0.05, 0.1) is 5.69 Å². The van der Waals surface area contributed by atoms with Gasteiger partial charge in [-0.2, -0.15) is 0 Å². The number of nitrogens with zero attached hydrogens (tertiary/aromatic N) is 3. The third-order valence-electron chi connectivity index (χ3n) is 4.89. The molecule has 1 saturated heterocycles. The van der Waals surface area contributed by atoms with Gasteiger partial charge in [0.15, 0.2) is 5.96 Å². The minimum Gasteiger partial charge on any atom is -0.444 e. The molecule has 142 valence electrons. The molecule has 0 aromatic carbocycles. The molecule has 1 aliphatic heterocycles. The maximum atomic E-state index is 5.58. The molecule has 0 aliphatic carbocycles. The van der Waals surface area contributed by atoms with Crippen molar-refractivity contribution in [2.24, 2.45) is 4.99 Å². The monoisotopic (exact) mass is 349 g/mol. The predicted octanol–water partition coefficient (Wildman–Crippen LogP) is 3.00. The van der Waals surface area contributed by atoms with Gasteiger partial charge in [-0.3, -0.25) is 0 Å². The summed E-state index contributed by atoms with van der Waals surface area (Å²) < 4.78 is 5.58. The summed E-state index contributed by atoms with van der Waals surface area (Å²) in [7, 11) is 0. The third-order valence-corrected chi connectivity index (χ3v) is 4.89. The van der Waals surface area contributed by atoms with E-state index in [1.165, 1.54) is 38.8 Å². The fraction of sp³-hybridized carbons (Fsp3) is 0.789. The van der Waals surface area contributed by atoms with Crippen LogP contribution in [0.5, 0.6) is 0 Å². The van der Waals surface area contributed by atoms with Gasteiger partial charge in [-0.15, -0.1) is 0 Å². The number of unbranched alkanes of at least 4 members (excludes halogenated alkanes) is 1. The van der Waals surface area contributed by atoms with Crippen LogP contribution in [0.2, 0.25) is 0 Å². The van der Waals surface area contributed by atoms with E-state index < -0.39 is 0 Å². The van der Waals surface area contributed by atoms with Gasteiger partial charge in [-0.05, 0) is 66.5 Å². The SMILES string of the molecule is CCNC(=NCc1nc(C)c(C)o1)NCCCCN1CCCCC1C. The van der Waals surface area contributed by atoms with E-state index in [1.807, 2.05) is 13.8 Å². The molecule has 1 aromatic heterocycles. The number of hydrogen-bond donors (Lipinski definition) is 2. The summed E-state index contributed by atoms with van der Waals surface area (Å²) in [5.74, 6) is 2.38. The molecule has 0 spiro atoms. The molecule has 1 aliphatic rings. The standard InChI is InChI=1S/C19H35N5O/c1-5-20-19(22-14-18-23-16(3)17(4)25-18)21-11-7-9-13-24-12-8-6-10-15(24)2/h15H,5-14H2,1-4H3,(H2,20,21,22). The minimum atomic E-state index is 0.468. The van der Waals surface area contributed by atoms with E-state index in [0.717, 1.165) is 43.0 Å². The first-order valence-electron chi connectivity index (χ1n) is 9.79. The number of aliphatic imine (C=N–C) groups is 1. The number of oxazole rings is 1. The maximum absolute atomic E-state index is 5.58. The number of rotatable bonds is 8. The van der Waals surface area contributed by atoms with E-state index in [9.17, 15) is 0 Å². The van der Waals surface area contributed by atoms with Gasteiger partial charge < -0.3 is 20.0 Å². The minimum absolute atomic E-state index is 0.468. The molecule has 1 atom stereocenters. The molecule has 1 fully saturated rings. The Morgan fingerprint density at radius 3 is 2.80 bits per heavy atom. The Kier molecular flexibility index (Phi) is 8.25. The van der Waals surface area contributed by atoms with Crippen molar-refractivity contribution in [3.8, 4) is 0 Å². The van der Waals surface area contributed by atoms with Gasteiger partial charge in [0.1, 0.15) is 12.3 Å². The normalized spacial score (nSPS) is 19.2. The smallest absolute Gasteiger partial charge is 0.216 e. The fourth-order valence-electron chi connectivity index (χ4n) is 3.23. The molecule has 1 aromatic rings. The summed E-state index contributed by atoms with van der Waals surface area (Å²) in [5, 5.41) is 6.69. The lowest BCUT2D eigenvalue weighted by molar-refractivity contribution is 0.158. The van der Waals surface area contributed by atoms with Crippen molar-refractivity contribution < 1.29 is 4.42 Å². The molecule has 0 radical (unpaired) electrons. The molecule has 25 heavy (non-hydrogen) atoms. The Labute approximate surface area is 152 Å². The van der Waals surface area contributed by atoms with Gasteiger partial charge in [0.2, 0.25) is 5.89 Å². The molecule has 1 unspecified atom stereocenters. The maximum Gasteiger partial charge on any atom is 0.216 e. The average molecular weight is 350 g/mol. The van der Waals surface area contributed by atoms with Crippen molar-refractivity contribution in [1.29, 1.82) is 0 Å². The first-order valence-corrected chi connectivity index (χ1v) is 9.79. The van der Waals surface area contributed by atoms with Crippen LogP contribution in [0.3, 0.4) is 0 Å². The Hall–Kier alpha value is -1.56. The largest absolute Gasteiger partial charge is 0.444 e. The molecule has 0 amide bonds. The van der Waals surface area contributed by atoms with Crippen LogP contribution in [0, 0.1) is 13.8 Å². The summed E-state index contributed by atoms with van der Waals surface area (Å²) >= 11 is 0. The van der Waals surface area contributed by atoms with Crippen molar-refractivity contribution in [3.63, 3.8) is 0 Å². The van der Waals surface area contributed by atoms with E-state index in [0.29, 0.717) is 12.4 Å². The van der Waals surface area contributed by atoms with Crippen LogP contribution in [0.25, 0.3) is 0 Å². The van der Waals surface area contributed by atoms with Crippen molar-refractivity contribution >= 4 is 5.96 Å². The highest BCUT2D eigenvalue weighted by Gasteiger charge is 2.16. The van der Waals surface area contributed by atoms with Crippen molar-refractivity contribution in [2.45, 2.75) is 72.4 Å². The lowest BCUT2D eigenvalue weighted by atomic mass is 10.0. The second kappa shape index (κ2) is 10.4. The van der Waals surface area contributed by atoms with Gasteiger partial charge >= 0.3 is 0 Å². The summed E-state index contributed by atoms with van der Waals surface area (Å²) in [6, 6.07) is 0.758. The number of piperidine rings is 1. The fourth-order valence-corrected chi connectivity index (χ4v) is 3.23. The van der Waals surface area contributed by atoms with Crippen LogP contribution in [0.15, 0.2) is 9.41 Å². The van der Waals surface area contributed by atoms with Crippen LogP contribution in [0.1, 0.15) is 63.3 Å². The number of hydrogen-bond acceptors (Lipinski definition) is 4. The van der Waals surface area contributed by atoms with E-state index in [1.54, 1.807) is 0 Å². The van der Waals surface area contributed by atoms with E-state index in [2.05, 4.69) is 39.4 Å². The van der Waals surface area contributed by atoms with Gasteiger partial charge in [0.25, 0.3) is 0 Å². The molecule has 2 heterocycles. The number of guanidine groups is 1. The molecule has 6 heteroatoms. The molecule has 2 rings (SSSR count). The predicted molar refractivity (Wildman–Crippen MR) is 103 cm³/mol. The van der Waals surface area contributed by atoms with E-state index in [4.69, 9.17) is 4.42 Å². The van der Waals surface area contributed by atoms with Gasteiger partial charge in [-0.1, -0.05) is 6.42 Å². The lowest BCUT2D eigenvalue weighted by Crippen LogP contribution is -2.39. The lowest BCUT2D eigenvalue weighted by Gasteiger charge is -2.33. The molecule has 6 nitrogen and oxygen atoms in total. The third kappa shape index (κ3) is 6.69. The zero-order valence-electron chi connectivity index (χ0n) is 16.4. The van der Waals surface area contributed by atoms with Crippen LogP contribution in [0.4, 0.5) is 0 Å². The van der Waals surface area contributed by atoms with Crippen molar-refractivity contribution in [3.05, 3.63) is 17.3 Å². The molecule has 2 N–H and O–H groups in total. The topological polar surface area (TPSA) is 65.7 Å². The summed E-state index contributed by atoms with van der Waals surface area (Å²) in [6.45, 7) is 13.1. The van der Waals surface area contributed by atoms with Crippen LogP contribution in [-0.4, -0.2) is 48.1 Å². The molecular weight excluding hydrogens is 314 g/mol. The Bertz CT molecular complexity index is 520. The van der Waals surface area contributed by atoms with Crippen molar-refractivity contribution in [1.82, 2.24) is 20.5 Å². The first-order chi connectivity index (χ1) is 12.1. The van der Waals surface area contributed by atoms with Crippen molar-refractivity contribution in [2.75, 3.05) is 26.2 Å². The number of aromatic nitrogens is 1. The number of likely N-dealkylation sites (tertiary alicyclic amines) is 1. The van der Waals surface area contributed by atoms with Crippen LogP contribution < -0.4 is 10.6 Å². The van der Waals surface area contributed by atoms with Crippen LogP contribution >= 0.6 is 0 Å². The summed E-state index contributed by atoms with van der Waals surface area (Å²) in [6.07, 6.45) is 6.50. The zero-order valence-corrected chi connectivity index (χ0v) is 16.4. The number of nitrogens with one attached hydrogen (secondary N) is 2. The average Bonchev–Trinajstić information content (AvgIpc) is 2.92. The van der Waals surface area contributed by atoms with Crippen LogP contribution in [-0.2, 0) is 6.54 Å². The second-order valence-electron chi connectivity index (χ2n) is 6.96. The molecule has 0 saturated carbocycles. The van der Waals surface area contributed by atoms with E-state index in [-0.39, 0.29) is 0 Å². The second-order valence-corrected chi connectivity index (χ2v) is 6.96. The quantitative estimate of drug-likeness (QED) is 0.429.